The molecule has 0 bridgehead atoms. The molecule has 0 aromatic carbocycles. The highest BCUT2D eigenvalue weighted by Gasteiger charge is 2.33. The molecule has 0 atom stereocenters. The Bertz CT molecular complexity index is 188. The van der Waals surface area contributed by atoms with Gasteiger partial charge in [0, 0.05) is 19.0 Å². The second-order valence-electron chi connectivity index (χ2n) is 4.14. The molecular weight excluding hydrogens is 188 g/mol. The summed E-state index contributed by atoms with van der Waals surface area (Å²) in [7, 11) is 0. The van der Waals surface area contributed by atoms with E-state index in [4.69, 9.17) is 0 Å². The fraction of sp³-hybridized carbons (Fsp3) is 0.889. The Morgan fingerprint density at radius 1 is 1.38 bits per heavy atom. The summed E-state index contributed by atoms with van der Waals surface area (Å²) in [6.45, 7) is 4.11. The summed E-state index contributed by atoms with van der Waals surface area (Å²) < 4.78 is 0. The highest BCUT2D eigenvalue weighted by atomic mass is 35.5. The van der Waals surface area contributed by atoms with Crippen molar-refractivity contribution in [1.29, 1.82) is 0 Å². The normalized spacial score (nSPS) is 32.4. The third kappa shape index (κ3) is 2.35. The second kappa shape index (κ2) is 4.29. The van der Waals surface area contributed by atoms with E-state index in [1.165, 1.54) is 0 Å². The van der Waals surface area contributed by atoms with E-state index in [9.17, 15) is 4.79 Å². The zero-order valence-corrected chi connectivity index (χ0v) is 8.69. The number of hydrogen-bond donors (Lipinski definition) is 2. The average Bonchev–Trinajstić information content (AvgIpc) is 1.90. The SMILES string of the molecule is CC1CC(C(=O)NC2CNC2)C1.Cl. The Morgan fingerprint density at radius 2 is 2.00 bits per heavy atom. The van der Waals surface area contributed by atoms with Gasteiger partial charge in [-0.3, -0.25) is 4.79 Å². The van der Waals surface area contributed by atoms with Crippen molar-refractivity contribution in [2.24, 2.45) is 11.8 Å². The molecule has 1 aliphatic heterocycles. The number of carbonyl (C=O) groups is 1. The fourth-order valence-corrected chi connectivity index (χ4v) is 1.83. The Labute approximate surface area is 85.1 Å². The maximum absolute atomic E-state index is 11.4. The van der Waals surface area contributed by atoms with Crippen molar-refractivity contribution in [3.63, 3.8) is 0 Å². The van der Waals surface area contributed by atoms with Crippen LogP contribution in [0.15, 0.2) is 0 Å². The van der Waals surface area contributed by atoms with E-state index < -0.39 is 0 Å². The standard InChI is InChI=1S/C9H16N2O.ClH/c1-6-2-7(3-6)9(12)11-8-4-10-5-8;/h6-8,10H,2-5H2,1H3,(H,11,12);1H. The van der Waals surface area contributed by atoms with Gasteiger partial charge in [0.1, 0.15) is 0 Å². The van der Waals surface area contributed by atoms with E-state index in [0.29, 0.717) is 12.0 Å². The lowest BCUT2D eigenvalue weighted by Crippen LogP contribution is -2.58. The predicted octanol–water partition coefficient (Wildman–Crippen LogP) is 0.542. The molecule has 1 aliphatic carbocycles. The summed E-state index contributed by atoms with van der Waals surface area (Å²) in [5.41, 5.74) is 0. The molecule has 0 spiro atoms. The molecule has 0 radical (unpaired) electrons. The molecule has 1 heterocycles. The zero-order valence-electron chi connectivity index (χ0n) is 7.88. The summed E-state index contributed by atoms with van der Waals surface area (Å²) in [4.78, 5) is 11.4. The van der Waals surface area contributed by atoms with Crippen LogP contribution in [-0.2, 0) is 4.79 Å². The molecule has 0 aromatic heterocycles. The van der Waals surface area contributed by atoms with Gasteiger partial charge in [-0.2, -0.15) is 0 Å². The van der Waals surface area contributed by atoms with Crippen LogP contribution in [0.5, 0.6) is 0 Å². The van der Waals surface area contributed by atoms with Crippen LogP contribution in [0, 0.1) is 11.8 Å². The van der Waals surface area contributed by atoms with Crippen molar-refractivity contribution in [2.75, 3.05) is 13.1 Å². The summed E-state index contributed by atoms with van der Waals surface area (Å²) in [5.74, 6) is 1.36. The Balaban J connectivity index is 0.000000845. The lowest BCUT2D eigenvalue weighted by Gasteiger charge is -2.35. The minimum absolute atomic E-state index is 0. The van der Waals surface area contributed by atoms with E-state index in [0.717, 1.165) is 31.8 Å². The van der Waals surface area contributed by atoms with E-state index >= 15 is 0 Å². The molecule has 2 N–H and O–H groups in total. The van der Waals surface area contributed by atoms with Gasteiger partial charge >= 0.3 is 0 Å². The van der Waals surface area contributed by atoms with Crippen LogP contribution in [0.2, 0.25) is 0 Å². The number of amides is 1. The third-order valence-corrected chi connectivity index (χ3v) is 2.87. The van der Waals surface area contributed by atoms with Crippen molar-refractivity contribution in [3.05, 3.63) is 0 Å². The Kier molecular flexibility index (Phi) is 3.56. The molecule has 76 valence electrons. The Hall–Kier alpha value is -0.280. The molecule has 13 heavy (non-hydrogen) atoms. The number of halogens is 1. The van der Waals surface area contributed by atoms with Crippen LogP contribution in [0.3, 0.4) is 0 Å². The van der Waals surface area contributed by atoms with Crippen molar-refractivity contribution in [3.8, 4) is 0 Å². The monoisotopic (exact) mass is 204 g/mol. The van der Waals surface area contributed by atoms with Crippen LogP contribution in [0.1, 0.15) is 19.8 Å². The van der Waals surface area contributed by atoms with Gasteiger partial charge in [-0.1, -0.05) is 6.92 Å². The van der Waals surface area contributed by atoms with Crippen molar-refractivity contribution in [2.45, 2.75) is 25.8 Å². The van der Waals surface area contributed by atoms with Crippen molar-refractivity contribution < 1.29 is 4.79 Å². The second-order valence-corrected chi connectivity index (χ2v) is 4.14. The molecule has 1 amide bonds. The van der Waals surface area contributed by atoms with Crippen molar-refractivity contribution >= 4 is 18.3 Å². The average molecular weight is 205 g/mol. The van der Waals surface area contributed by atoms with Gasteiger partial charge in [-0.05, 0) is 18.8 Å². The summed E-state index contributed by atoms with van der Waals surface area (Å²) in [5, 5.41) is 6.17. The first-order chi connectivity index (χ1) is 5.75. The lowest BCUT2D eigenvalue weighted by molar-refractivity contribution is -0.129. The molecular formula is C9H17ClN2O. The van der Waals surface area contributed by atoms with E-state index in [1.807, 2.05) is 0 Å². The first-order valence-electron chi connectivity index (χ1n) is 4.77. The minimum atomic E-state index is 0. The van der Waals surface area contributed by atoms with Crippen LogP contribution < -0.4 is 10.6 Å². The predicted molar refractivity (Wildman–Crippen MR) is 53.9 cm³/mol. The smallest absolute Gasteiger partial charge is 0.223 e. The maximum Gasteiger partial charge on any atom is 0.223 e. The van der Waals surface area contributed by atoms with Crippen LogP contribution in [0.4, 0.5) is 0 Å². The summed E-state index contributed by atoms with van der Waals surface area (Å²) in [6.07, 6.45) is 2.18. The van der Waals surface area contributed by atoms with Gasteiger partial charge in [0.15, 0.2) is 0 Å². The van der Waals surface area contributed by atoms with Gasteiger partial charge in [-0.15, -0.1) is 12.4 Å². The van der Waals surface area contributed by atoms with Crippen LogP contribution in [0.25, 0.3) is 0 Å². The number of rotatable bonds is 2. The molecule has 4 heteroatoms. The lowest BCUT2D eigenvalue weighted by atomic mass is 9.75. The first-order valence-corrected chi connectivity index (χ1v) is 4.77. The molecule has 3 nitrogen and oxygen atoms in total. The van der Waals surface area contributed by atoms with Gasteiger partial charge in [0.25, 0.3) is 0 Å². The third-order valence-electron chi connectivity index (χ3n) is 2.87. The van der Waals surface area contributed by atoms with Gasteiger partial charge in [0.2, 0.25) is 5.91 Å². The number of nitrogens with one attached hydrogen (secondary N) is 2. The minimum Gasteiger partial charge on any atom is -0.351 e. The summed E-state index contributed by atoms with van der Waals surface area (Å²) in [6, 6.07) is 0.411. The highest BCUT2D eigenvalue weighted by Crippen LogP contribution is 2.33. The molecule has 0 aromatic rings. The van der Waals surface area contributed by atoms with Crippen LogP contribution in [-0.4, -0.2) is 25.0 Å². The van der Waals surface area contributed by atoms with E-state index in [-0.39, 0.29) is 18.3 Å². The summed E-state index contributed by atoms with van der Waals surface area (Å²) >= 11 is 0. The first kappa shape index (κ1) is 10.8. The molecule has 2 aliphatic rings. The van der Waals surface area contributed by atoms with E-state index in [1.54, 1.807) is 0 Å². The topological polar surface area (TPSA) is 41.1 Å². The quantitative estimate of drug-likeness (QED) is 0.690. The Morgan fingerprint density at radius 3 is 2.38 bits per heavy atom. The molecule has 1 saturated heterocycles. The fourth-order valence-electron chi connectivity index (χ4n) is 1.83. The van der Waals surface area contributed by atoms with Crippen LogP contribution >= 0.6 is 12.4 Å². The number of hydrogen-bond acceptors (Lipinski definition) is 2. The maximum atomic E-state index is 11.4. The molecule has 0 unspecified atom stereocenters. The largest absolute Gasteiger partial charge is 0.351 e. The molecule has 2 rings (SSSR count). The molecule has 1 saturated carbocycles. The zero-order chi connectivity index (χ0) is 8.55. The van der Waals surface area contributed by atoms with Gasteiger partial charge < -0.3 is 10.6 Å². The van der Waals surface area contributed by atoms with Gasteiger partial charge in [0.05, 0.1) is 6.04 Å². The highest BCUT2D eigenvalue weighted by molar-refractivity contribution is 5.85. The van der Waals surface area contributed by atoms with Gasteiger partial charge in [-0.25, -0.2) is 0 Å². The number of carbonyl (C=O) groups excluding carboxylic acids is 1. The van der Waals surface area contributed by atoms with Crippen molar-refractivity contribution in [1.82, 2.24) is 10.6 Å². The molecule has 2 fully saturated rings. The van der Waals surface area contributed by atoms with E-state index in [2.05, 4.69) is 17.6 Å².